The fraction of sp³-hybridized carbons (Fsp3) is 0.400. The monoisotopic (exact) mass is 165 g/mol. The lowest BCUT2D eigenvalue weighted by atomic mass is 10.0. The Labute approximate surface area is 73.2 Å². The van der Waals surface area contributed by atoms with Gasteiger partial charge in [-0.25, -0.2) is 0 Å². The van der Waals surface area contributed by atoms with Gasteiger partial charge < -0.3 is 10.4 Å². The maximum absolute atomic E-state index is 9.49. The summed E-state index contributed by atoms with van der Waals surface area (Å²) in [4.78, 5) is 0. The van der Waals surface area contributed by atoms with Crippen molar-refractivity contribution in [1.82, 2.24) is 5.32 Å². The Balaban J connectivity index is 2.81. The SMILES string of the molecule is CNCCc1c(C)cccc1O. The van der Waals surface area contributed by atoms with E-state index in [0.29, 0.717) is 5.75 Å². The number of benzene rings is 1. The summed E-state index contributed by atoms with van der Waals surface area (Å²) >= 11 is 0. The molecule has 1 aromatic rings. The molecule has 0 atom stereocenters. The highest BCUT2D eigenvalue weighted by molar-refractivity contribution is 5.38. The second-order valence-electron chi connectivity index (χ2n) is 2.93. The summed E-state index contributed by atoms with van der Waals surface area (Å²) in [5, 5.41) is 12.5. The molecule has 0 saturated heterocycles. The highest BCUT2D eigenvalue weighted by Gasteiger charge is 2.02. The third-order valence-electron chi connectivity index (χ3n) is 2.01. The molecule has 0 unspecified atom stereocenters. The highest BCUT2D eigenvalue weighted by Crippen LogP contribution is 2.20. The van der Waals surface area contributed by atoms with Crippen LogP contribution in [0.25, 0.3) is 0 Å². The van der Waals surface area contributed by atoms with E-state index in [-0.39, 0.29) is 0 Å². The van der Waals surface area contributed by atoms with Crippen molar-refractivity contribution in [2.75, 3.05) is 13.6 Å². The van der Waals surface area contributed by atoms with Gasteiger partial charge in [-0.15, -0.1) is 0 Å². The van der Waals surface area contributed by atoms with Crippen molar-refractivity contribution in [2.24, 2.45) is 0 Å². The maximum Gasteiger partial charge on any atom is 0.119 e. The van der Waals surface area contributed by atoms with Gasteiger partial charge in [0.1, 0.15) is 5.75 Å². The number of hydrogen-bond donors (Lipinski definition) is 2. The third kappa shape index (κ3) is 1.98. The standard InChI is InChI=1S/C10H15NO/c1-8-4-3-5-10(12)9(8)6-7-11-2/h3-5,11-12H,6-7H2,1-2H3. The molecular formula is C10H15NO. The van der Waals surface area contributed by atoms with E-state index in [4.69, 9.17) is 0 Å². The zero-order valence-electron chi connectivity index (χ0n) is 7.59. The number of hydrogen-bond acceptors (Lipinski definition) is 2. The summed E-state index contributed by atoms with van der Waals surface area (Å²) in [6.45, 7) is 2.92. The minimum Gasteiger partial charge on any atom is -0.508 e. The van der Waals surface area contributed by atoms with Crippen molar-refractivity contribution in [3.05, 3.63) is 29.3 Å². The van der Waals surface area contributed by atoms with E-state index in [1.807, 2.05) is 26.1 Å². The maximum atomic E-state index is 9.49. The van der Waals surface area contributed by atoms with Crippen molar-refractivity contribution in [1.29, 1.82) is 0 Å². The molecule has 0 heterocycles. The highest BCUT2D eigenvalue weighted by atomic mass is 16.3. The molecule has 0 radical (unpaired) electrons. The van der Waals surface area contributed by atoms with Gasteiger partial charge in [0.05, 0.1) is 0 Å². The second kappa shape index (κ2) is 4.12. The van der Waals surface area contributed by atoms with Gasteiger partial charge in [-0.1, -0.05) is 12.1 Å². The number of phenols is 1. The van der Waals surface area contributed by atoms with Gasteiger partial charge in [-0.2, -0.15) is 0 Å². The largest absolute Gasteiger partial charge is 0.508 e. The lowest BCUT2D eigenvalue weighted by molar-refractivity contribution is 0.466. The number of aryl methyl sites for hydroxylation is 1. The Morgan fingerprint density at radius 2 is 2.17 bits per heavy atom. The van der Waals surface area contributed by atoms with Gasteiger partial charge in [-0.05, 0) is 44.1 Å². The van der Waals surface area contributed by atoms with Crippen LogP contribution in [0.1, 0.15) is 11.1 Å². The Bertz CT molecular complexity index is 238. The van der Waals surface area contributed by atoms with Crippen LogP contribution in [-0.2, 0) is 6.42 Å². The van der Waals surface area contributed by atoms with E-state index < -0.39 is 0 Å². The van der Waals surface area contributed by atoms with Crippen LogP contribution in [0.3, 0.4) is 0 Å². The van der Waals surface area contributed by atoms with Gasteiger partial charge in [0.25, 0.3) is 0 Å². The number of phenolic OH excluding ortho intramolecular Hbond substituents is 1. The molecule has 66 valence electrons. The smallest absolute Gasteiger partial charge is 0.119 e. The Morgan fingerprint density at radius 1 is 1.42 bits per heavy atom. The van der Waals surface area contributed by atoms with Gasteiger partial charge in [0.15, 0.2) is 0 Å². The minimum atomic E-state index is 0.408. The van der Waals surface area contributed by atoms with E-state index in [0.717, 1.165) is 24.1 Å². The molecule has 1 rings (SSSR count). The molecular weight excluding hydrogens is 150 g/mol. The summed E-state index contributed by atoms with van der Waals surface area (Å²) in [6.07, 6.45) is 0.884. The van der Waals surface area contributed by atoms with Crippen molar-refractivity contribution >= 4 is 0 Å². The zero-order valence-corrected chi connectivity index (χ0v) is 7.59. The summed E-state index contributed by atoms with van der Waals surface area (Å²) in [7, 11) is 1.91. The molecule has 0 spiro atoms. The van der Waals surface area contributed by atoms with Crippen LogP contribution in [0, 0.1) is 6.92 Å². The molecule has 1 aromatic carbocycles. The lowest BCUT2D eigenvalue weighted by Gasteiger charge is -2.06. The fourth-order valence-electron chi connectivity index (χ4n) is 1.26. The molecule has 0 bridgehead atoms. The second-order valence-corrected chi connectivity index (χ2v) is 2.93. The van der Waals surface area contributed by atoms with Crippen molar-refractivity contribution < 1.29 is 5.11 Å². The average Bonchev–Trinajstić information content (AvgIpc) is 2.04. The Hall–Kier alpha value is -1.02. The quantitative estimate of drug-likeness (QED) is 0.710. The topological polar surface area (TPSA) is 32.3 Å². The molecule has 0 amide bonds. The molecule has 12 heavy (non-hydrogen) atoms. The summed E-state index contributed by atoms with van der Waals surface area (Å²) < 4.78 is 0. The average molecular weight is 165 g/mol. The Morgan fingerprint density at radius 3 is 2.75 bits per heavy atom. The normalized spacial score (nSPS) is 10.2. The van der Waals surface area contributed by atoms with Gasteiger partial charge >= 0.3 is 0 Å². The van der Waals surface area contributed by atoms with E-state index in [9.17, 15) is 5.11 Å². The molecule has 0 saturated carbocycles. The molecule has 2 N–H and O–H groups in total. The van der Waals surface area contributed by atoms with Gasteiger partial charge in [0.2, 0.25) is 0 Å². The molecule has 2 nitrogen and oxygen atoms in total. The summed E-state index contributed by atoms with van der Waals surface area (Å²) in [5.41, 5.74) is 2.21. The molecule has 0 aromatic heterocycles. The number of likely N-dealkylation sites (N-methyl/N-ethyl adjacent to an activating group) is 1. The first-order valence-corrected chi connectivity index (χ1v) is 4.17. The van der Waals surface area contributed by atoms with Crippen LogP contribution >= 0.6 is 0 Å². The first-order valence-electron chi connectivity index (χ1n) is 4.17. The summed E-state index contributed by atoms with van der Waals surface area (Å²) in [6, 6.07) is 5.62. The fourth-order valence-corrected chi connectivity index (χ4v) is 1.26. The van der Waals surface area contributed by atoms with Gasteiger partial charge in [-0.3, -0.25) is 0 Å². The third-order valence-corrected chi connectivity index (χ3v) is 2.01. The van der Waals surface area contributed by atoms with E-state index >= 15 is 0 Å². The molecule has 0 aliphatic heterocycles. The minimum absolute atomic E-state index is 0.408. The Kier molecular flexibility index (Phi) is 3.11. The zero-order chi connectivity index (χ0) is 8.97. The molecule has 0 aliphatic rings. The lowest BCUT2D eigenvalue weighted by Crippen LogP contribution is -2.11. The number of rotatable bonds is 3. The summed E-state index contributed by atoms with van der Waals surface area (Å²) in [5.74, 6) is 0.408. The van der Waals surface area contributed by atoms with Gasteiger partial charge in [0, 0.05) is 0 Å². The van der Waals surface area contributed by atoms with Crippen LogP contribution < -0.4 is 5.32 Å². The number of nitrogens with one attached hydrogen (secondary N) is 1. The van der Waals surface area contributed by atoms with E-state index in [1.165, 1.54) is 0 Å². The predicted molar refractivity (Wildman–Crippen MR) is 50.5 cm³/mol. The molecule has 0 aliphatic carbocycles. The van der Waals surface area contributed by atoms with Crippen molar-refractivity contribution in [3.8, 4) is 5.75 Å². The van der Waals surface area contributed by atoms with Crippen LogP contribution in [0.15, 0.2) is 18.2 Å². The predicted octanol–water partition coefficient (Wildman–Crippen LogP) is 1.46. The van der Waals surface area contributed by atoms with Crippen molar-refractivity contribution in [2.45, 2.75) is 13.3 Å². The van der Waals surface area contributed by atoms with Crippen LogP contribution in [0.4, 0.5) is 0 Å². The molecule has 2 heteroatoms. The van der Waals surface area contributed by atoms with Crippen LogP contribution in [0.2, 0.25) is 0 Å². The van der Waals surface area contributed by atoms with E-state index in [1.54, 1.807) is 6.07 Å². The molecule has 0 fully saturated rings. The first kappa shape index (κ1) is 9.07. The van der Waals surface area contributed by atoms with Crippen molar-refractivity contribution in [3.63, 3.8) is 0 Å². The number of aromatic hydroxyl groups is 1. The first-order chi connectivity index (χ1) is 5.75. The van der Waals surface area contributed by atoms with Crippen LogP contribution in [-0.4, -0.2) is 18.7 Å². The van der Waals surface area contributed by atoms with Crippen LogP contribution in [0.5, 0.6) is 5.75 Å². The van der Waals surface area contributed by atoms with E-state index in [2.05, 4.69) is 5.32 Å².